The lowest BCUT2D eigenvalue weighted by Gasteiger charge is -2.24. The third kappa shape index (κ3) is 1.18. The summed E-state index contributed by atoms with van der Waals surface area (Å²) in [4.78, 5) is 23.9. The van der Waals surface area contributed by atoms with E-state index in [1.807, 2.05) is 0 Å². The van der Waals surface area contributed by atoms with Crippen molar-refractivity contribution in [3.8, 4) is 0 Å². The van der Waals surface area contributed by atoms with Gasteiger partial charge in [-0.05, 0) is 12.8 Å². The summed E-state index contributed by atoms with van der Waals surface area (Å²) >= 11 is 0. The molecule has 0 unspecified atom stereocenters. The first-order valence-corrected chi connectivity index (χ1v) is 4.04. The standard InChI is InChI=1S/C9H11NO3/c1-13-6-9(4-5-9)10-7(11)2-3-8(10)12/h2-3H,4-6H2,1H3/i1T3. The molecule has 4 nitrogen and oxygen atoms in total. The predicted molar refractivity (Wildman–Crippen MR) is 44.8 cm³/mol. The normalized spacial score (nSPS) is 28.6. The van der Waals surface area contributed by atoms with Gasteiger partial charge < -0.3 is 4.74 Å². The molecule has 70 valence electrons. The summed E-state index contributed by atoms with van der Waals surface area (Å²) < 4.78 is 25.4. The van der Waals surface area contributed by atoms with Gasteiger partial charge in [0.1, 0.15) is 0 Å². The van der Waals surface area contributed by atoms with Crippen LogP contribution >= 0.6 is 0 Å². The first kappa shape index (κ1) is 5.54. The second-order valence-corrected chi connectivity index (χ2v) is 3.36. The quantitative estimate of drug-likeness (QED) is 0.588. The Morgan fingerprint density at radius 1 is 1.54 bits per heavy atom. The zero-order valence-corrected chi connectivity index (χ0v) is 6.95. The highest BCUT2D eigenvalue weighted by Crippen LogP contribution is 2.43. The number of hydrogen-bond donors (Lipinski definition) is 0. The molecule has 0 spiro atoms. The van der Waals surface area contributed by atoms with E-state index in [-0.39, 0.29) is 6.61 Å². The number of carbonyl (C=O) groups excluding carboxylic acids is 2. The summed E-state index contributed by atoms with van der Waals surface area (Å²) in [6.07, 6.45) is 3.58. The van der Waals surface area contributed by atoms with Crippen molar-refractivity contribution in [2.24, 2.45) is 0 Å². The maximum Gasteiger partial charge on any atom is 0.254 e. The van der Waals surface area contributed by atoms with Gasteiger partial charge in [-0.1, -0.05) is 0 Å². The largest absolute Gasteiger partial charge is 0.382 e. The number of amides is 2. The van der Waals surface area contributed by atoms with Gasteiger partial charge in [0.15, 0.2) is 0 Å². The summed E-state index contributed by atoms with van der Waals surface area (Å²) in [5.41, 5.74) is -0.730. The molecule has 1 aliphatic carbocycles. The van der Waals surface area contributed by atoms with Crippen molar-refractivity contribution in [3.63, 3.8) is 0 Å². The van der Waals surface area contributed by atoms with Crippen molar-refractivity contribution in [2.45, 2.75) is 18.4 Å². The number of rotatable bonds is 3. The van der Waals surface area contributed by atoms with E-state index in [0.29, 0.717) is 12.8 Å². The summed E-state index contributed by atoms with van der Waals surface area (Å²) in [6.45, 7) is -0.122. The van der Waals surface area contributed by atoms with Crippen LogP contribution in [0.5, 0.6) is 0 Å². The summed E-state index contributed by atoms with van der Waals surface area (Å²) in [5.74, 6) is -0.784. The molecule has 1 saturated carbocycles. The molecule has 0 atom stereocenters. The third-order valence-electron chi connectivity index (χ3n) is 2.45. The average Bonchev–Trinajstić information content (AvgIpc) is 2.86. The Labute approximate surface area is 80.4 Å². The summed E-state index contributed by atoms with van der Waals surface area (Å²) in [6, 6.07) is 0. The first-order valence-electron chi connectivity index (χ1n) is 5.54. The second kappa shape index (κ2) is 2.67. The Morgan fingerprint density at radius 3 is 2.62 bits per heavy atom. The molecule has 2 amide bonds. The molecule has 0 aromatic heterocycles. The van der Waals surface area contributed by atoms with Gasteiger partial charge in [-0.25, -0.2) is 0 Å². The van der Waals surface area contributed by atoms with Crippen LogP contribution in [0.4, 0.5) is 0 Å². The van der Waals surface area contributed by atoms with Crippen LogP contribution in [0.1, 0.15) is 17.0 Å². The fourth-order valence-corrected chi connectivity index (χ4v) is 1.58. The van der Waals surface area contributed by atoms with Crippen molar-refractivity contribution < 1.29 is 18.4 Å². The van der Waals surface area contributed by atoms with Gasteiger partial charge in [0, 0.05) is 19.2 Å². The van der Waals surface area contributed by atoms with Gasteiger partial charge in [-0.15, -0.1) is 0 Å². The highest BCUT2D eigenvalue weighted by molar-refractivity contribution is 6.13. The topological polar surface area (TPSA) is 46.6 Å². The van der Waals surface area contributed by atoms with Gasteiger partial charge in [0.25, 0.3) is 11.8 Å². The molecule has 0 aromatic carbocycles. The van der Waals surface area contributed by atoms with Gasteiger partial charge in [0.05, 0.1) is 16.3 Å². The van der Waals surface area contributed by atoms with Crippen LogP contribution in [-0.4, -0.2) is 35.9 Å². The molecule has 2 rings (SSSR count). The average molecular weight is 187 g/mol. The van der Waals surface area contributed by atoms with E-state index < -0.39 is 24.4 Å². The molecule has 0 saturated heterocycles. The molecule has 13 heavy (non-hydrogen) atoms. The maximum absolute atomic E-state index is 11.4. The lowest BCUT2D eigenvalue weighted by Crippen LogP contribution is -2.44. The highest BCUT2D eigenvalue weighted by Gasteiger charge is 2.53. The maximum atomic E-state index is 11.4. The number of ether oxygens (including phenoxy) is 1. The Bertz CT molecular complexity index is 353. The minimum absolute atomic E-state index is 0.122. The van der Waals surface area contributed by atoms with Crippen LogP contribution in [-0.2, 0) is 14.3 Å². The SMILES string of the molecule is [3H]C([3H])([3H])OCC1(N2C(=O)C=CC2=O)CC1. The Morgan fingerprint density at radius 2 is 2.15 bits per heavy atom. The summed E-state index contributed by atoms with van der Waals surface area (Å²) in [5, 5.41) is 0. The number of nitrogens with zero attached hydrogens (tertiary/aromatic N) is 1. The van der Waals surface area contributed by atoms with E-state index >= 15 is 0 Å². The molecular formula is C9H11NO3. The molecule has 1 fully saturated rings. The number of methoxy groups -OCH3 is 1. The van der Waals surface area contributed by atoms with E-state index in [9.17, 15) is 9.59 Å². The Kier molecular flexibility index (Phi) is 1.14. The van der Waals surface area contributed by atoms with Crippen LogP contribution in [0, 0.1) is 0 Å². The molecule has 0 N–H and O–H groups in total. The van der Waals surface area contributed by atoms with Gasteiger partial charge in [-0.2, -0.15) is 0 Å². The van der Waals surface area contributed by atoms with E-state index in [0.717, 1.165) is 4.90 Å². The molecule has 0 bridgehead atoms. The Hall–Kier alpha value is -1.16. The van der Waals surface area contributed by atoms with Crippen LogP contribution in [0.3, 0.4) is 0 Å². The molecular weight excluding hydrogens is 170 g/mol. The first-order chi connectivity index (χ1) is 7.34. The lowest BCUT2D eigenvalue weighted by atomic mass is 10.2. The van der Waals surface area contributed by atoms with Crippen molar-refractivity contribution >= 4 is 11.8 Å². The van der Waals surface area contributed by atoms with Crippen LogP contribution in [0.2, 0.25) is 0 Å². The minimum Gasteiger partial charge on any atom is -0.382 e. The predicted octanol–water partition coefficient (Wildman–Crippen LogP) is 0.0904. The molecule has 1 aliphatic heterocycles. The molecule has 0 radical (unpaired) electrons. The molecule has 0 aromatic rings. The van der Waals surface area contributed by atoms with Gasteiger partial charge in [0.2, 0.25) is 0 Å². The van der Waals surface area contributed by atoms with E-state index in [4.69, 9.17) is 8.85 Å². The van der Waals surface area contributed by atoms with Crippen LogP contribution in [0.25, 0.3) is 0 Å². The number of carbonyl (C=O) groups is 2. The lowest BCUT2D eigenvalue weighted by molar-refractivity contribution is -0.141. The highest BCUT2D eigenvalue weighted by atomic mass is 16.5. The van der Waals surface area contributed by atoms with Crippen molar-refractivity contribution in [3.05, 3.63) is 12.2 Å². The smallest absolute Gasteiger partial charge is 0.254 e. The summed E-state index contributed by atoms with van der Waals surface area (Å²) in [7, 11) is -2.49. The third-order valence-corrected chi connectivity index (χ3v) is 2.45. The molecule has 4 heteroatoms. The zero-order chi connectivity index (χ0) is 12.0. The second-order valence-electron chi connectivity index (χ2n) is 3.36. The van der Waals surface area contributed by atoms with E-state index in [1.165, 1.54) is 12.2 Å². The fraction of sp³-hybridized carbons (Fsp3) is 0.556. The minimum atomic E-state index is -2.49. The molecule has 1 heterocycles. The van der Waals surface area contributed by atoms with E-state index in [1.54, 1.807) is 0 Å². The Balaban J connectivity index is 2.04. The number of hydrogen-bond acceptors (Lipinski definition) is 3. The van der Waals surface area contributed by atoms with Crippen molar-refractivity contribution in [2.75, 3.05) is 13.6 Å². The van der Waals surface area contributed by atoms with Gasteiger partial charge in [-0.3, -0.25) is 14.5 Å². The monoisotopic (exact) mass is 187 g/mol. The molecule has 2 aliphatic rings. The van der Waals surface area contributed by atoms with E-state index in [2.05, 4.69) is 0 Å². The van der Waals surface area contributed by atoms with Crippen molar-refractivity contribution in [1.82, 2.24) is 4.90 Å². The zero-order valence-electron chi connectivity index (χ0n) is 9.95. The van der Waals surface area contributed by atoms with Crippen LogP contribution < -0.4 is 0 Å². The number of imide groups is 1. The van der Waals surface area contributed by atoms with Crippen LogP contribution in [0.15, 0.2) is 12.2 Å². The van der Waals surface area contributed by atoms with Gasteiger partial charge >= 0.3 is 0 Å². The van der Waals surface area contributed by atoms with Crippen molar-refractivity contribution in [1.29, 1.82) is 0 Å². The fourth-order valence-electron chi connectivity index (χ4n) is 1.58.